The molecule has 4 nitrogen and oxygen atoms in total. The monoisotopic (exact) mass is 187 g/mol. The summed E-state index contributed by atoms with van der Waals surface area (Å²) in [6.45, 7) is 5.25. The van der Waals surface area contributed by atoms with Crippen LogP contribution in [0.2, 0.25) is 0 Å². The minimum atomic E-state index is -0.441. The lowest BCUT2D eigenvalue weighted by Crippen LogP contribution is -2.63. The van der Waals surface area contributed by atoms with Crippen molar-refractivity contribution in [3.8, 4) is 0 Å². The predicted octanol–water partition coefficient (Wildman–Crippen LogP) is -0.488. The molecule has 2 fully saturated rings. The first kappa shape index (κ1) is 9.40. The van der Waals surface area contributed by atoms with Crippen LogP contribution < -0.4 is 5.32 Å². The van der Waals surface area contributed by atoms with Gasteiger partial charge in [-0.25, -0.2) is 0 Å². The molecule has 4 heteroatoms. The highest BCUT2D eigenvalue weighted by Gasteiger charge is 2.41. The zero-order valence-corrected chi connectivity index (χ0v) is 8.06. The summed E-state index contributed by atoms with van der Waals surface area (Å²) in [7, 11) is 0. The van der Waals surface area contributed by atoms with Crippen molar-refractivity contribution < 1.29 is 14.6 Å². The molecule has 2 rings (SSSR count). The Morgan fingerprint density at radius 2 is 2.08 bits per heavy atom. The molecule has 2 heterocycles. The Labute approximate surface area is 78.2 Å². The Balaban J connectivity index is 2.06. The first-order valence-corrected chi connectivity index (χ1v) is 4.87. The number of rotatable bonds is 0. The summed E-state index contributed by atoms with van der Waals surface area (Å²) >= 11 is 0. The van der Waals surface area contributed by atoms with E-state index < -0.39 is 6.10 Å². The molecule has 0 spiro atoms. The summed E-state index contributed by atoms with van der Waals surface area (Å²) in [5.41, 5.74) is 0. The van der Waals surface area contributed by atoms with E-state index >= 15 is 0 Å². The topological polar surface area (TPSA) is 50.7 Å². The Bertz CT molecular complexity index is 188. The quantitative estimate of drug-likeness (QED) is 0.537. The summed E-state index contributed by atoms with van der Waals surface area (Å²) in [6.07, 6.45) is -0.495. The molecule has 0 aromatic heterocycles. The maximum absolute atomic E-state index is 9.67. The fourth-order valence-corrected chi connectivity index (χ4v) is 2.00. The van der Waals surface area contributed by atoms with Crippen molar-refractivity contribution in [2.75, 3.05) is 13.2 Å². The van der Waals surface area contributed by atoms with Crippen LogP contribution in [0.25, 0.3) is 0 Å². The minimum Gasteiger partial charge on any atom is -0.389 e. The number of hydrogen-bond donors (Lipinski definition) is 2. The highest BCUT2D eigenvalue weighted by Crippen LogP contribution is 2.23. The Kier molecular flexibility index (Phi) is 2.55. The van der Waals surface area contributed by atoms with Gasteiger partial charge in [-0.1, -0.05) is 0 Å². The zero-order chi connectivity index (χ0) is 9.42. The lowest BCUT2D eigenvalue weighted by Gasteiger charge is -2.44. The van der Waals surface area contributed by atoms with Crippen LogP contribution in [0.15, 0.2) is 0 Å². The van der Waals surface area contributed by atoms with Crippen LogP contribution in [-0.2, 0) is 9.47 Å². The van der Waals surface area contributed by atoms with Gasteiger partial charge in [0.2, 0.25) is 0 Å². The van der Waals surface area contributed by atoms with E-state index in [0.29, 0.717) is 13.2 Å². The lowest BCUT2D eigenvalue weighted by molar-refractivity contribution is -0.222. The molecule has 76 valence electrons. The van der Waals surface area contributed by atoms with Crippen LogP contribution in [0.3, 0.4) is 0 Å². The van der Waals surface area contributed by atoms with Gasteiger partial charge in [0, 0.05) is 12.6 Å². The van der Waals surface area contributed by atoms with Gasteiger partial charge in [0.05, 0.1) is 18.8 Å². The van der Waals surface area contributed by atoms with Gasteiger partial charge in [-0.05, 0) is 13.8 Å². The van der Waals surface area contributed by atoms with Crippen molar-refractivity contribution >= 4 is 0 Å². The summed E-state index contributed by atoms with van der Waals surface area (Å²) in [5.74, 6) is 0. The van der Waals surface area contributed by atoms with Crippen molar-refractivity contribution in [2.24, 2.45) is 0 Å². The summed E-state index contributed by atoms with van der Waals surface area (Å²) in [4.78, 5) is 0. The highest BCUT2D eigenvalue weighted by molar-refractivity contribution is 4.94. The van der Waals surface area contributed by atoms with Gasteiger partial charge >= 0.3 is 0 Å². The molecule has 0 aromatic carbocycles. The molecular weight excluding hydrogens is 170 g/mol. The second-order valence-corrected chi connectivity index (χ2v) is 3.97. The van der Waals surface area contributed by atoms with Crippen LogP contribution >= 0.6 is 0 Å². The predicted molar refractivity (Wildman–Crippen MR) is 47.5 cm³/mol. The Morgan fingerprint density at radius 3 is 2.85 bits per heavy atom. The van der Waals surface area contributed by atoms with E-state index in [1.165, 1.54) is 0 Å². The number of piperidine rings is 1. The van der Waals surface area contributed by atoms with Gasteiger partial charge < -0.3 is 19.9 Å². The van der Waals surface area contributed by atoms with Gasteiger partial charge in [0.15, 0.2) is 0 Å². The number of aliphatic hydroxyl groups is 1. The Hall–Kier alpha value is -0.160. The first-order chi connectivity index (χ1) is 6.18. The molecule has 0 aliphatic carbocycles. The van der Waals surface area contributed by atoms with Gasteiger partial charge in [-0.15, -0.1) is 0 Å². The van der Waals surface area contributed by atoms with Crippen LogP contribution in [0, 0.1) is 0 Å². The van der Waals surface area contributed by atoms with E-state index in [0.717, 1.165) is 0 Å². The van der Waals surface area contributed by atoms with Crippen LogP contribution in [-0.4, -0.2) is 48.7 Å². The third-order valence-corrected chi connectivity index (χ3v) is 2.76. The van der Waals surface area contributed by atoms with Crippen molar-refractivity contribution in [2.45, 2.75) is 44.3 Å². The van der Waals surface area contributed by atoms with Crippen LogP contribution in [0.1, 0.15) is 13.8 Å². The smallest absolute Gasteiger partial charge is 0.113 e. The highest BCUT2D eigenvalue weighted by atomic mass is 16.6. The van der Waals surface area contributed by atoms with Crippen LogP contribution in [0.4, 0.5) is 0 Å². The van der Waals surface area contributed by atoms with E-state index in [4.69, 9.17) is 9.47 Å². The normalized spacial score (nSPS) is 51.5. The average Bonchev–Trinajstić information content (AvgIpc) is 2.12. The molecule has 1 unspecified atom stereocenters. The summed E-state index contributed by atoms with van der Waals surface area (Å²) in [5, 5.41) is 12.9. The average molecular weight is 187 g/mol. The van der Waals surface area contributed by atoms with Crippen molar-refractivity contribution in [1.82, 2.24) is 5.32 Å². The zero-order valence-electron chi connectivity index (χ0n) is 8.06. The number of β-amino-alcohol motifs (C(OH)–C–C–N with tert-alkyl or cyclic N) is 1. The van der Waals surface area contributed by atoms with E-state index in [1.807, 2.05) is 6.92 Å². The van der Waals surface area contributed by atoms with Gasteiger partial charge in [0.1, 0.15) is 12.2 Å². The lowest BCUT2D eigenvalue weighted by atomic mass is 9.95. The maximum atomic E-state index is 9.67. The molecule has 0 aromatic rings. The van der Waals surface area contributed by atoms with Gasteiger partial charge in [-0.2, -0.15) is 0 Å². The third-order valence-electron chi connectivity index (χ3n) is 2.76. The first-order valence-electron chi connectivity index (χ1n) is 4.87. The molecule has 2 N–H and O–H groups in total. The maximum Gasteiger partial charge on any atom is 0.113 e. The Morgan fingerprint density at radius 1 is 1.31 bits per heavy atom. The van der Waals surface area contributed by atoms with Gasteiger partial charge in [-0.3, -0.25) is 0 Å². The molecule has 2 saturated heterocycles. The molecule has 13 heavy (non-hydrogen) atoms. The number of fused-ring (bicyclic) bond motifs is 1. The number of nitrogens with one attached hydrogen (secondary N) is 1. The fourth-order valence-electron chi connectivity index (χ4n) is 2.00. The second-order valence-electron chi connectivity index (χ2n) is 3.97. The van der Waals surface area contributed by atoms with E-state index in [-0.39, 0.29) is 24.4 Å². The van der Waals surface area contributed by atoms with E-state index in [1.54, 1.807) is 0 Å². The molecule has 0 amide bonds. The van der Waals surface area contributed by atoms with Crippen LogP contribution in [0.5, 0.6) is 0 Å². The molecule has 5 atom stereocenters. The molecular formula is C9H17NO3. The molecule has 0 radical (unpaired) electrons. The summed E-state index contributed by atoms with van der Waals surface area (Å²) in [6, 6.07) is 0.265. The number of hydrogen-bond acceptors (Lipinski definition) is 4. The number of aliphatic hydroxyl groups excluding tert-OH is 1. The number of ether oxygens (including phenoxy) is 2. The van der Waals surface area contributed by atoms with Gasteiger partial charge in [0.25, 0.3) is 0 Å². The van der Waals surface area contributed by atoms with Crippen molar-refractivity contribution in [1.29, 1.82) is 0 Å². The largest absolute Gasteiger partial charge is 0.389 e. The van der Waals surface area contributed by atoms with E-state index in [9.17, 15) is 5.11 Å². The second kappa shape index (κ2) is 3.53. The molecule has 2 aliphatic heterocycles. The standard InChI is InChI=1S/C9H17NO3/c1-5-4-12-8-6(2)10-3-7(11)9(8)13-5/h5-11H,3-4H2,1-2H3/t5?,6-,7+,8+,9-/m0/s1. The molecule has 2 aliphatic rings. The summed E-state index contributed by atoms with van der Waals surface area (Å²) < 4.78 is 11.3. The fraction of sp³-hybridized carbons (Fsp3) is 1.00. The van der Waals surface area contributed by atoms with Crippen molar-refractivity contribution in [3.05, 3.63) is 0 Å². The third kappa shape index (κ3) is 1.72. The molecule has 0 saturated carbocycles. The van der Waals surface area contributed by atoms with Crippen molar-refractivity contribution in [3.63, 3.8) is 0 Å². The molecule has 0 bridgehead atoms. The SMILES string of the molecule is CC1CO[C@H]2[C@@H](O1)[C@H](O)CN[C@H]2C. The van der Waals surface area contributed by atoms with E-state index in [2.05, 4.69) is 12.2 Å². The minimum absolute atomic E-state index is 0.0000463.